The van der Waals surface area contributed by atoms with Crippen LogP contribution in [0.2, 0.25) is 0 Å². The molecule has 0 aromatic carbocycles. The minimum atomic E-state index is -0.441. The number of carbonyl (C=O) groups excluding carboxylic acids is 2. The van der Waals surface area contributed by atoms with Crippen LogP contribution in [0.1, 0.15) is 58.3 Å². The molecule has 0 aliphatic carbocycles. The average Bonchev–Trinajstić information content (AvgIpc) is 2.52. The third kappa shape index (κ3) is 10.00. The van der Waals surface area contributed by atoms with Gasteiger partial charge in [0.25, 0.3) is 0 Å². The molecule has 6 heteroatoms. The summed E-state index contributed by atoms with van der Waals surface area (Å²) >= 11 is 0. The second kappa shape index (κ2) is 13.0. The summed E-state index contributed by atoms with van der Waals surface area (Å²) in [5, 5.41) is 0. The summed E-state index contributed by atoms with van der Waals surface area (Å²) in [5.41, 5.74) is 5.75. The number of allylic oxidation sites excluding steroid dienone is 2. The summed E-state index contributed by atoms with van der Waals surface area (Å²) in [5.74, 6) is -0.624. The Morgan fingerprint density at radius 1 is 1.17 bits per heavy atom. The molecule has 0 aromatic rings. The first-order valence-electron chi connectivity index (χ1n) is 8.20. The van der Waals surface area contributed by atoms with E-state index in [1.807, 2.05) is 0 Å². The number of halogens is 1. The van der Waals surface area contributed by atoms with Crippen LogP contribution in [0.4, 0.5) is 0 Å². The van der Waals surface area contributed by atoms with Crippen molar-refractivity contribution in [2.75, 3.05) is 13.3 Å². The molecule has 0 saturated carbocycles. The lowest BCUT2D eigenvalue weighted by atomic mass is 10.1. The molecule has 0 atom stereocenters. The quantitative estimate of drug-likeness (QED) is 0.461. The van der Waals surface area contributed by atoms with E-state index in [4.69, 9.17) is 10.5 Å². The van der Waals surface area contributed by atoms with Gasteiger partial charge >= 0.3 is 5.97 Å². The number of hydrogen-bond acceptors (Lipinski definition) is 4. The smallest absolute Gasteiger partial charge is 0.307 e. The normalized spacial score (nSPS) is 13.3. The molecule has 0 aromatic heterocycles. The molecule has 0 spiro atoms. The Bertz CT molecular complexity index is 422. The SMILES string of the molecule is CCCCCCCCCC(=O)OCN1C=CC=C(C(N)=O)C1.Cl. The molecule has 0 saturated heterocycles. The van der Waals surface area contributed by atoms with E-state index in [2.05, 4.69) is 6.92 Å². The number of ether oxygens (including phenoxy) is 1. The Morgan fingerprint density at radius 2 is 1.83 bits per heavy atom. The summed E-state index contributed by atoms with van der Waals surface area (Å²) in [4.78, 5) is 24.5. The fraction of sp³-hybridized carbons (Fsp3) is 0.647. The second-order valence-electron chi connectivity index (χ2n) is 5.66. The van der Waals surface area contributed by atoms with E-state index in [1.165, 1.54) is 32.1 Å². The maximum absolute atomic E-state index is 11.7. The van der Waals surface area contributed by atoms with Crippen LogP contribution in [0.25, 0.3) is 0 Å². The third-order valence-corrected chi connectivity index (χ3v) is 3.66. The highest BCUT2D eigenvalue weighted by atomic mass is 35.5. The van der Waals surface area contributed by atoms with Crippen molar-refractivity contribution in [2.24, 2.45) is 5.73 Å². The minimum absolute atomic E-state index is 0. The predicted octanol–water partition coefficient (Wildman–Crippen LogP) is 3.29. The number of rotatable bonds is 11. The molecular weight excluding hydrogens is 316 g/mol. The third-order valence-electron chi connectivity index (χ3n) is 3.66. The molecule has 0 unspecified atom stereocenters. The van der Waals surface area contributed by atoms with E-state index >= 15 is 0 Å². The number of esters is 1. The second-order valence-corrected chi connectivity index (χ2v) is 5.66. The Balaban J connectivity index is 0.00000484. The van der Waals surface area contributed by atoms with Gasteiger partial charge in [0.2, 0.25) is 5.91 Å². The fourth-order valence-electron chi connectivity index (χ4n) is 2.31. The van der Waals surface area contributed by atoms with Crippen molar-refractivity contribution in [2.45, 2.75) is 58.3 Å². The maximum Gasteiger partial charge on any atom is 0.307 e. The number of unbranched alkanes of at least 4 members (excludes halogenated alkanes) is 6. The molecule has 132 valence electrons. The van der Waals surface area contributed by atoms with Gasteiger partial charge in [0.05, 0.1) is 6.54 Å². The number of nitrogens with zero attached hydrogens (tertiary/aromatic N) is 1. The van der Waals surface area contributed by atoms with Crippen LogP contribution in [-0.2, 0) is 14.3 Å². The largest absolute Gasteiger partial charge is 0.444 e. The molecule has 1 amide bonds. The Kier molecular flexibility index (Phi) is 12.2. The van der Waals surface area contributed by atoms with Crippen LogP contribution in [0.5, 0.6) is 0 Å². The zero-order valence-corrected chi connectivity index (χ0v) is 14.8. The number of hydrogen-bond donors (Lipinski definition) is 1. The van der Waals surface area contributed by atoms with Gasteiger partial charge < -0.3 is 15.4 Å². The number of primary amides is 1. The van der Waals surface area contributed by atoms with Gasteiger partial charge in [-0.15, -0.1) is 12.4 Å². The van der Waals surface area contributed by atoms with Crippen LogP contribution >= 0.6 is 12.4 Å². The van der Waals surface area contributed by atoms with Crippen LogP contribution in [0.15, 0.2) is 23.9 Å². The van der Waals surface area contributed by atoms with Crippen LogP contribution < -0.4 is 5.73 Å². The van der Waals surface area contributed by atoms with Gasteiger partial charge in [-0.3, -0.25) is 9.59 Å². The Hall–Kier alpha value is -1.49. The molecule has 0 fully saturated rings. The van der Waals surface area contributed by atoms with Crippen molar-refractivity contribution < 1.29 is 14.3 Å². The molecule has 0 bridgehead atoms. The average molecular weight is 345 g/mol. The predicted molar refractivity (Wildman–Crippen MR) is 93.9 cm³/mol. The van der Waals surface area contributed by atoms with Gasteiger partial charge in [0.15, 0.2) is 6.73 Å². The highest BCUT2D eigenvalue weighted by molar-refractivity contribution is 5.92. The highest BCUT2D eigenvalue weighted by Gasteiger charge is 2.13. The maximum atomic E-state index is 11.7. The molecule has 1 aliphatic heterocycles. The molecule has 2 N–H and O–H groups in total. The Labute approximate surface area is 145 Å². The summed E-state index contributed by atoms with van der Waals surface area (Å²) in [6.45, 7) is 2.75. The lowest BCUT2D eigenvalue weighted by Gasteiger charge is -2.22. The molecule has 1 rings (SSSR count). The van der Waals surface area contributed by atoms with Crippen LogP contribution in [-0.4, -0.2) is 30.1 Å². The van der Waals surface area contributed by atoms with E-state index in [0.29, 0.717) is 18.5 Å². The number of amides is 1. The van der Waals surface area contributed by atoms with Gasteiger partial charge in [-0.1, -0.05) is 51.5 Å². The molecular formula is C17H29ClN2O3. The molecule has 5 nitrogen and oxygen atoms in total. The summed E-state index contributed by atoms with van der Waals surface area (Å²) in [6, 6.07) is 0. The number of carbonyl (C=O) groups is 2. The van der Waals surface area contributed by atoms with Gasteiger partial charge in [-0.2, -0.15) is 0 Å². The van der Waals surface area contributed by atoms with E-state index in [1.54, 1.807) is 23.3 Å². The summed E-state index contributed by atoms with van der Waals surface area (Å²) < 4.78 is 5.21. The summed E-state index contributed by atoms with van der Waals surface area (Å²) in [7, 11) is 0. The molecule has 1 heterocycles. The van der Waals surface area contributed by atoms with E-state index in [0.717, 1.165) is 12.8 Å². The first kappa shape index (κ1) is 21.5. The van der Waals surface area contributed by atoms with E-state index < -0.39 is 5.91 Å². The van der Waals surface area contributed by atoms with E-state index in [-0.39, 0.29) is 25.1 Å². The zero-order chi connectivity index (χ0) is 16.2. The van der Waals surface area contributed by atoms with Crippen molar-refractivity contribution in [1.82, 2.24) is 4.90 Å². The van der Waals surface area contributed by atoms with Gasteiger partial charge in [0, 0.05) is 18.2 Å². The first-order valence-corrected chi connectivity index (χ1v) is 8.20. The van der Waals surface area contributed by atoms with E-state index in [9.17, 15) is 9.59 Å². The number of nitrogens with two attached hydrogens (primary N) is 1. The standard InChI is InChI=1S/C17H28N2O3.ClH/c1-2-3-4-5-6-7-8-11-16(20)22-14-19-12-9-10-15(13-19)17(18)21;/h9-10,12H,2-8,11,13-14H2,1H3,(H2,18,21);1H. The summed E-state index contributed by atoms with van der Waals surface area (Å²) in [6.07, 6.45) is 13.9. The topological polar surface area (TPSA) is 72.6 Å². The molecule has 23 heavy (non-hydrogen) atoms. The molecule has 1 aliphatic rings. The zero-order valence-electron chi connectivity index (χ0n) is 14.0. The van der Waals surface area contributed by atoms with Crippen LogP contribution in [0.3, 0.4) is 0 Å². The van der Waals surface area contributed by atoms with Gasteiger partial charge in [-0.05, 0) is 12.5 Å². The monoisotopic (exact) mass is 344 g/mol. The lowest BCUT2D eigenvalue weighted by Crippen LogP contribution is -2.31. The van der Waals surface area contributed by atoms with Crippen molar-refractivity contribution in [3.8, 4) is 0 Å². The van der Waals surface area contributed by atoms with Gasteiger partial charge in [0.1, 0.15) is 0 Å². The lowest BCUT2D eigenvalue weighted by molar-refractivity contribution is -0.147. The molecule has 0 radical (unpaired) electrons. The van der Waals surface area contributed by atoms with Crippen molar-refractivity contribution >= 4 is 24.3 Å². The van der Waals surface area contributed by atoms with Crippen LogP contribution in [0, 0.1) is 0 Å². The first-order chi connectivity index (χ1) is 10.6. The van der Waals surface area contributed by atoms with Crippen molar-refractivity contribution in [3.63, 3.8) is 0 Å². The fourth-order valence-corrected chi connectivity index (χ4v) is 2.31. The van der Waals surface area contributed by atoms with Crippen molar-refractivity contribution in [1.29, 1.82) is 0 Å². The minimum Gasteiger partial charge on any atom is -0.444 e. The van der Waals surface area contributed by atoms with Gasteiger partial charge in [-0.25, -0.2) is 0 Å². The highest BCUT2D eigenvalue weighted by Crippen LogP contribution is 2.10. The Morgan fingerprint density at radius 3 is 2.48 bits per heavy atom. The van der Waals surface area contributed by atoms with Crippen molar-refractivity contribution in [3.05, 3.63) is 23.9 Å².